The van der Waals surface area contributed by atoms with Crippen LogP contribution >= 0.6 is 0 Å². The van der Waals surface area contributed by atoms with Crippen molar-refractivity contribution in [2.45, 2.75) is 12.5 Å². The molecule has 0 fully saturated rings. The van der Waals surface area contributed by atoms with Crippen molar-refractivity contribution in [2.75, 3.05) is 13.2 Å². The van der Waals surface area contributed by atoms with Gasteiger partial charge in [-0.1, -0.05) is 0 Å². The number of non-ortho nitro benzene ring substituents is 1. The molecule has 0 saturated heterocycles. The van der Waals surface area contributed by atoms with E-state index in [1.165, 1.54) is 12.1 Å². The van der Waals surface area contributed by atoms with E-state index in [-0.39, 0.29) is 23.2 Å². The Bertz CT molecular complexity index is 730. The number of phenols is 2. The van der Waals surface area contributed by atoms with E-state index in [4.69, 9.17) is 4.74 Å². The van der Waals surface area contributed by atoms with Gasteiger partial charge in [0.05, 0.1) is 11.0 Å². The van der Waals surface area contributed by atoms with Crippen LogP contribution in [0.4, 0.5) is 5.69 Å². The van der Waals surface area contributed by atoms with Gasteiger partial charge >= 0.3 is 0 Å². The van der Waals surface area contributed by atoms with Crippen molar-refractivity contribution < 1.29 is 19.9 Å². The zero-order valence-electron chi connectivity index (χ0n) is 12.2. The number of ether oxygens (including phenoxy) is 1. The van der Waals surface area contributed by atoms with Crippen molar-refractivity contribution in [3.63, 3.8) is 0 Å². The second-order valence-corrected chi connectivity index (χ2v) is 5.36. The molecule has 1 aliphatic rings. The molecule has 1 aliphatic heterocycles. The number of aromatic hydroxyl groups is 2. The van der Waals surface area contributed by atoms with Gasteiger partial charge in [-0.2, -0.15) is 0 Å². The molecule has 1 heterocycles. The number of hydrogen-bond acceptors (Lipinski definition) is 6. The van der Waals surface area contributed by atoms with Crippen molar-refractivity contribution >= 4 is 5.69 Å². The van der Waals surface area contributed by atoms with E-state index < -0.39 is 4.92 Å². The summed E-state index contributed by atoms with van der Waals surface area (Å²) in [4.78, 5) is 10.2. The summed E-state index contributed by atoms with van der Waals surface area (Å²) in [6.07, 6.45) is 0.761. The minimum absolute atomic E-state index is 0.0129. The van der Waals surface area contributed by atoms with Crippen LogP contribution in [-0.2, 0) is 6.42 Å². The zero-order chi connectivity index (χ0) is 16.4. The Labute approximate surface area is 132 Å². The maximum absolute atomic E-state index is 10.6. The lowest BCUT2D eigenvalue weighted by Gasteiger charge is -2.27. The van der Waals surface area contributed by atoms with E-state index in [2.05, 4.69) is 5.32 Å². The second-order valence-electron chi connectivity index (χ2n) is 5.36. The van der Waals surface area contributed by atoms with Crippen molar-refractivity contribution in [3.8, 4) is 17.2 Å². The van der Waals surface area contributed by atoms with Gasteiger partial charge in [-0.05, 0) is 48.4 Å². The molecular weight excluding hydrogens is 300 g/mol. The lowest BCUT2D eigenvalue weighted by atomic mass is 9.94. The number of nitrogens with one attached hydrogen (secondary N) is 1. The van der Waals surface area contributed by atoms with Gasteiger partial charge in [0.25, 0.3) is 5.69 Å². The van der Waals surface area contributed by atoms with Crippen LogP contribution in [0.15, 0.2) is 36.4 Å². The summed E-state index contributed by atoms with van der Waals surface area (Å²) in [5, 5.41) is 33.2. The Morgan fingerprint density at radius 3 is 2.61 bits per heavy atom. The average Bonchev–Trinajstić information content (AvgIpc) is 2.54. The van der Waals surface area contributed by atoms with Crippen molar-refractivity contribution in [1.29, 1.82) is 0 Å². The lowest BCUT2D eigenvalue weighted by molar-refractivity contribution is -0.384. The first kappa shape index (κ1) is 15.1. The first-order valence-corrected chi connectivity index (χ1v) is 7.20. The molecule has 0 aliphatic carbocycles. The van der Waals surface area contributed by atoms with Gasteiger partial charge in [0.1, 0.15) is 12.4 Å². The van der Waals surface area contributed by atoms with E-state index in [0.717, 1.165) is 24.1 Å². The quantitative estimate of drug-likeness (QED) is 0.454. The molecule has 0 radical (unpaired) electrons. The topological polar surface area (TPSA) is 105 Å². The van der Waals surface area contributed by atoms with Crippen molar-refractivity contribution in [2.24, 2.45) is 0 Å². The maximum atomic E-state index is 10.6. The van der Waals surface area contributed by atoms with Crippen LogP contribution in [0.3, 0.4) is 0 Å². The van der Waals surface area contributed by atoms with Crippen LogP contribution in [0.2, 0.25) is 0 Å². The van der Waals surface area contributed by atoms with E-state index in [9.17, 15) is 20.3 Å². The summed E-state index contributed by atoms with van der Waals surface area (Å²) in [6, 6.07) is 8.88. The number of rotatable bonds is 4. The highest BCUT2D eigenvalue weighted by molar-refractivity contribution is 5.48. The van der Waals surface area contributed by atoms with Gasteiger partial charge in [-0.3, -0.25) is 10.1 Å². The summed E-state index contributed by atoms with van der Waals surface area (Å²) in [7, 11) is 0. The highest BCUT2D eigenvalue weighted by Crippen LogP contribution is 2.33. The fourth-order valence-corrected chi connectivity index (χ4v) is 2.66. The van der Waals surface area contributed by atoms with E-state index in [1.807, 2.05) is 0 Å². The molecule has 1 unspecified atom stereocenters. The van der Waals surface area contributed by atoms with Crippen LogP contribution in [-0.4, -0.2) is 28.3 Å². The SMILES string of the molecule is O=[N+]([O-])c1ccc(OCC2NCCc3cc(O)c(O)cc32)cc1. The zero-order valence-corrected chi connectivity index (χ0v) is 12.2. The molecular formula is C16H16N2O5. The van der Waals surface area contributed by atoms with Gasteiger partial charge in [0.2, 0.25) is 0 Å². The molecule has 3 N–H and O–H groups in total. The number of fused-ring (bicyclic) bond motifs is 1. The monoisotopic (exact) mass is 316 g/mol. The molecule has 0 aromatic heterocycles. The van der Waals surface area contributed by atoms with Gasteiger partial charge in [0, 0.05) is 12.1 Å². The first-order valence-electron chi connectivity index (χ1n) is 7.20. The van der Waals surface area contributed by atoms with Crippen LogP contribution in [0, 0.1) is 10.1 Å². The van der Waals surface area contributed by atoms with Crippen LogP contribution in [0.25, 0.3) is 0 Å². The fraction of sp³-hybridized carbons (Fsp3) is 0.250. The van der Waals surface area contributed by atoms with Crippen molar-refractivity contribution in [3.05, 3.63) is 57.6 Å². The third kappa shape index (κ3) is 3.19. The predicted molar refractivity (Wildman–Crippen MR) is 82.8 cm³/mol. The minimum Gasteiger partial charge on any atom is -0.504 e. The smallest absolute Gasteiger partial charge is 0.269 e. The maximum Gasteiger partial charge on any atom is 0.269 e. The second kappa shape index (κ2) is 6.13. The summed E-state index contributed by atoms with van der Waals surface area (Å²) in [5.74, 6) is 0.251. The van der Waals surface area contributed by atoms with Crippen molar-refractivity contribution in [1.82, 2.24) is 5.32 Å². The van der Waals surface area contributed by atoms with Crippen LogP contribution in [0.1, 0.15) is 17.2 Å². The largest absolute Gasteiger partial charge is 0.504 e. The Balaban J connectivity index is 1.72. The van der Waals surface area contributed by atoms with E-state index >= 15 is 0 Å². The number of phenolic OH excluding ortho intramolecular Hbond substituents is 2. The fourth-order valence-electron chi connectivity index (χ4n) is 2.66. The molecule has 1 atom stereocenters. The molecule has 0 saturated carbocycles. The normalized spacial score (nSPS) is 16.6. The summed E-state index contributed by atoms with van der Waals surface area (Å²) in [5.41, 5.74) is 1.86. The number of nitrogens with zero attached hydrogens (tertiary/aromatic N) is 1. The molecule has 23 heavy (non-hydrogen) atoms. The average molecular weight is 316 g/mol. The van der Waals surface area contributed by atoms with Crippen LogP contribution < -0.4 is 10.1 Å². The van der Waals surface area contributed by atoms with E-state index in [1.54, 1.807) is 24.3 Å². The van der Waals surface area contributed by atoms with Gasteiger partial charge < -0.3 is 20.3 Å². The van der Waals surface area contributed by atoms with Gasteiger partial charge in [-0.25, -0.2) is 0 Å². The molecule has 120 valence electrons. The standard InChI is InChI=1S/C16H16N2O5/c19-15-7-10-5-6-17-14(13(10)8-16(15)20)9-23-12-3-1-11(2-4-12)18(21)22/h1-4,7-8,14,17,19-20H,5-6,9H2. The first-order chi connectivity index (χ1) is 11.0. The Morgan fingerprint density at radius 1 is 1.22 bits per heavy atom. The lowest BCUT2D eigenvalue weighted by Crippen LogP contribution is -2.33. The molecule has 3 rings (SSSR count). The van der Waals surface area contributed by atoms with Gasteiger partial charge in [0.15, 0.2) is 11.5 Å². The minimum atomic E-state index is -0.460. The Morgan fingerprint density at radius 2 is 1.91 bits per heavy atom. The third-order valence-corrected chi connectivity index (χ3v) is 3.86. The molecule has 2 aromatic rings. The summed E-state index contributed by atoms with van der Waals surface area (Å²) >= 11 is 0. The number of nitro groups is 1. The highest BCUT2D eigenvalue weighted by Gasteiger charge is 2.22. The number of benzene rings is 2. The van der Waals surface area contributed by atoms with E-state index in [0.29, 0.717) is 12.4 Å². The molecule has 0 amide bonds. The summed E-state index contributed by atoms with van der Waals surface area (Å²) < 4.78 is 5.68. The van der Waals surface area contributed by atoms with Crippen LogP contribution in [0.5, 0.6) is 17.2 Å². The summed E-state index contributed by atoms with van der Waals surface area (Å²) in [6.45, 7) is 1.06. The third-order valence-electron chi connectivity index (χ3n) is 3.86. The highest BCUT2D eigenvalue weighted by atomic mass is 16.6. The number of nitro benzene ring substituents is 1. The molecule has 7 heteroatoms. The molecule has 0 bridgehead atoms. The Kier molecular flexibility index (Phi) is 4.03. The number of hydrogen-bond donors (Lipinski definition) is 3. The molecule has 0 spiro atoms. The predicted octanol–water partition coefficient (Wildman–Crippen LogP) is 2.27. The molecule has 7 nitrogen and oxygen atoms in total. The molecule has 2 aromatic carbocycles. The van der Waals surface area contributed by atoms with Gasteiger partial charge in [-0.15, -0.1) is 0 Å². The Hall–Kier alpha value is -2.80.